The van der Waals surface area contributed by atoms with E-state index in [-0.39, 0.29) is 0 Å². The molecule has 5 N–H and O–H groups in total. The molecule has 0 radical (unpaired) electrons. The minimum absolute atomic E-state index is 0.686. The van der Waals surface area contributed by atoms with E-state index < -0.39 is 24.3 Å². The molecule has 0 aliphatic heterocycles. The second-order valence-corrected chi connectivity index (χ2v) is 7.62. The summed E-state index contributed by atoms with van der Waals surface area (Å²) in [6, 6.07) is 10.1. The fourth-order valence-electron chi connectivity index (χ4n) is 2.33. The number of nitrogens with one attached hydrogen (secondary N) is 3. The van der Waals surface area contributed by atoms with Crippen LogP contribution in [0.1, 0.15) is 5.69 Å². The van der Waals surface area contributed by atoms with E-state index in [2.05, 4.69) is 46.2 Å². The first-order valence-corrected chi connectivity index (χ1v) is 10.4. The molecule has 10 nitrogen and oxygen atoms in total. The molecule has 0 bridgehead atoms. The SMILES string of the molecule is Brc1cnc2[nH]c(-c3ccc(NCc4c[nH]cn4)cc3)nc2c1.O=C(O)C(F)(F)F.O=C(O)C(F)(F)F. The van der Waals surface area contributed by atoms with Crippen molar-refractivity contribution in [2.75, 3.05) is 5.32 Å². The summed E-state index contributed by atoms with van der Waals surface area (Å²) in [7, 11) is 0. The lowest BCUT2D eigenvalue weighted by molar-refractivity contribution is -0.193. The van der Waals surface area contributed by atoms with Crippen LogP contribution in [0.3, 0.4) is 0 Å². The number of hydrogen-bond donors (Lipinski definition) is 5. The largest absolute Gasteiger partial charge is 0.490 e. The maximum absolute atomic E-state index is 10.6. The van der Waals surface area contributed by atoms with Crippen LogP contribution in [-0.4, -0.2) is 59.4 Å². The Morgan fingerprint density at radius 3 is 2.03 bits per heavy atom. The summed E-state index contributed by atoms with van der Waals surface area (Å²) in [5, 5.41) is 17.6. The van der Waals surface area contributed by atoms with Gasteiger partial charge < -0.3 is 25.5 Å². The van der Waals surface area contributed by atoms with Crippen LogP contribution in [0.5, 0.6) is 0 Å². The molecule has 1 aromatic carbocycles. The van der Waals surface area contributed by atoms with Crippen molar-refractivity contribution in [1.29, 1.82) is 0 Å². The number of anilines is 1. The van der Waals surface area contributed by atoms with E-state index in [0.717, 1.165) is 38.4 Å². The second-order valence-electron chi connectivity index (χ2n) is 6.70. The molecule has 4 rings (SSSR count). The van der Waals surface area contributed by atoms with Gasteiger partial charge in [0, 0.05) is 28.1 Å². The Balaban J connectivity index is 0.000000286. The van der Waals surface area contributed by atoms with Crippen molar-refractivity contribution in [2.24, 2.45) is 0 Å². The van der Waals surface area contributed by atoms with E-state index in [0.29, 0.717) is 6.54 Å². The van der Waals surface area contributed by atoms with Crippen LogP contribution in [0.4, 0.5) is 32.0 Å². The van der Waals surface area contributed by atoms with Gasteiger partial charge in [0.25, 0.3) is 0 Å². The second kappa shape index (κ2) is 12.2. The number of aliphatic carboxylic acids is 2. The van der Waals surface area contributed by atoms with Gasteiger partial charge in [-0.3, -0.25) is 0 Å². The van der Waals surface area contributed by atoms with Crippen molar-refractivity contribution in [2.45, 2.75) is 18.9 Å². The topological polar surface area (TPSA) is 157 Å². The number of H-pyrrole nitrogens is 2. The number of fused-ring (bicyclic) bond motifs is 1. The highest BCUT2D eigenvalue weighted by atomic mass is 79.9. The molecule has 198 valence electrons. The first-order chi connectivity index (χ1) is 17.2. The number of aromatic amines is 2. The highest BCUT2D eigenvalue weighted by molar-refractivity contribution is 9.10. The number of rotatable bonds is 4. The zero-order valence-corrected chi connectivity index (χ0v) is 19.6. The van der Waals surface area contributed by atoms with Crippen molar-refractivity contribution in [3.8, 4) is 11.4 Å². The number of hydrogen-bond acceptors (Lipinski definition) is 6. The van der Waals surface area contributed by atoms with Gasteiger partial charge in [-0.25, -0.2) is 24.5 Å². The van der Waals surface area contributed by atoms with Gasteiger partial charge in [-0.2, -0.15) is 26.3 Å². The number of nitrogens with zero attached hydrogens (tertiary/aromatic N) is 3. The average Bonchev–Trinajstić information content (AvgIpc) is 3.47. The molecule has 3 aromatic heterocycles. The summed E-state index contributed by atoms with van der Waals surface area (Å²) in [5.41, 5.74) is 4.65. The predicted octanol–water partition coefficient (Wildman–Crippen LogP) is 4.99. The van der Waals surface area contributed by atoms with Crippen LogP contribution in [-0.2, 0) is 16.1 Å². The van der Waals surface area contributed by atoms with Crippen LogP contribution in [0, 0.1) is 0 Å². The molecule has 0 aliphatic rings. The normalized spacial score (nSPS) is 11.1. The molecule has 0 aliphatic carbocycles. The van der Waals surface area contributed by atoms with Crippen LogP contribution < -0.4 is 5.32 Å². The van der Waals surface area contributed by atoms with E-state index in [1.54, 1.807) is 12.5 Å². The van der Waals surface area contributed by atoms with Crippen molar-refractivity contribution >= 4 is 44.7 Å². The lowest BCUT2D eigenvalue weighted by atomic mass is 10.2. The van der Waals surface area contributed by atoms with Crippen molar-refractivity contribution in [3.05, 3.63) is 59.2 Å². The summed E-state index contributed by atoms with van der Waals surface area (Å²) < 4.78 is 64.4. The fraction of sp³-hybridized carbons (Fsp3) is 0.150. The molecular weight excluding hydrogens is 582 g/mol. The number of benzene rings is 1. The molecule has 0 spiro atoms. The van der Waals surface area contributed by atoms with Gasteiger partial charge in [-0.1, -0.05) is 0 Å². The molecule has 17 heteroatoms. The molecular formula is C20H15BrF6N6O4. The summed E-state index contributed by atoms with van der Waals surface area (Å²) in [6.07, 6.45) is -4.86. The smallest absolute Gasteiger partial charge is 0.475 e. The summed E-state index contributed by atoms with van der Waals surface area (Å²) in [6.45, 7) is 0.686. The fourth-order valence-corrected chi connectivity index (χ4v) is 2.65. The van der Waals surface area contributed by atoms with Gasteiger partial charge in [0.15, 0.2) is 5.65 Å². The van der Waals surface area contributed by atoms with Gasteiger partial charge in [0.2, 0.25) is 0 Å². The lowest BCUT2D eigenvalue weighted by Crippen LogP contribution is -2.21. The number of halogens is 7. The van der Waals surface area contributed by atoms with Crippen LogP contribution >= 0.6 is 15.9 Å². The Labute approximate surface area is 210 Å². The first kappa shape index (κ1) is 29.1. The minimum Gasteiger partial charge on any atom is -0.475 e. The van der Waals surface area contributed by atoms with Gasteiger partial charge in [0.1, 0.15) is 11.3 Å². The van der Waals surface area contributed by atoms with Crippen molar-refractivity contribution < 1.29 is 46.1 Å². The third-order valence-corrected chi connectivity index (χ3v) is 4.41. The minimum atomic E-state index is -5.08. The Bertz CT molecular complexity index is 1300. The number of carbonyl (C=O) groups is 2. The Morgan fingerprint density at radius 1 is 0.973 bits per heavy atom. The molecule has 4 aromatic rings. The maximum Gasteiger partial charge on any atom is 0.490 e. The highest BCUT2D eigenvalue weighted by Crippen LogP contribution is 2.23. The number of imidazole rings is 2. The monoisotopic (exact) mass is 596 g/mol. The molecule has 0 fully saturated rings. The summed E-state index contributed by atoms with van der Waals surface area (Å²) >= 11 is 3.41. The molecule has 0 amide bonds. The van der Waals surface area contributed by atoms with Crippen LogP contribution in [0.15, 0.2) is 53.5 Å². The van der Waals surface area contributed by atoms with Gasteiger partial charge in [-0.05, 0) is 46.3 Å². The predicted molar refractivity (Wildman–Crippen MR) is 120 cm³/mol. The zero-order valence-electron chi connectivity index (χ0n) is 18.0. The number of carboxylic acid groups (broad SMARTS) is 2. The third-order valence-electron chi connectivity index (χ3n) is 3.98. The van der Waals surface area contributed by atoms with Gasteiger partial charge >= 0.3 is 24.3 Å². The number of alkyl halides is 6. The van der Waals surface area contributed by atoms with E-state index in [1.807, 2.05) is 36.5 Å². The lowest BCUT2D eigenvalue weighted by Gasteiger charge is -2.05. The van der Waals surface area contributed by atoms with Crippen LogP contribution in [0.2, 0.25) is 0 Å². The first-order valence-electron chi connectivity index (χ1n) is 9.60. The number of carboxylic acids is 2. The number of pyridine rings is 1. The van der Waals surface area contributed by atoms with Crippen molar-refractivity contribution in [3.63, 3.8) is 0 Å². The average molecular weight is 597 g/mol. The Kier molecular flexibility index (Phi) is 9.59. The summed E-state index contributed by atoms with van der Waals surface area (Å²) in [5.74, 6) is -4.70. The third kappa shape index (κ3) is 9.43. The number of aromatic nitrogens is 5. The molecule has 37 heavy (non-hydrogen) atoms. The molecule has 0 unspecified atom stereocenters. The Morgan fingerprint density at radius 2 is 1.54 bits per heavy atom. The van der Waals surface area contributed by atoms with Gasteiger partial charge in [0.05, 0.1) is 18.6 Å². The van der Waals surface area contributed by atoms with Crippen molar-refractivity contribution in [1.82, 2.24) is 24.9 Å². The quantitative estimate of drug-likeness (QED) is 0.206. The van der Waals surface area contributed by atoms with E-state index in [4.69, 9.17) is 19.8 Å². The van der Waals surface area contributed by atoms with Crippen LogP contribution in [0.25, 0.3) is 22.6 Å². The standard InChI is InChI=1S/C16H13BrN6.2C2HF3O2/c17-11-5-14-16(20-6-11)23-15(22-14)10-1-3-12(4-2-10)19-8-13-7-18-9-21-13;2*3-2(4,5)1(6)7/h1-7,9,19H,8H2,(H,18,21)(H,20,22,23);2*(H,6,7). The van der Waals surface area contributed by atoms with E-state index in [9.17, 15) is 26.3 Å². The van der Waals surface area contributed by atoms with E-state index in [1.165, 1.54) is 0 Å². The highest BCUT2D eigenvalue weighted by Gasteiger charge is 2.38. The summed E-state index contributed by atoms with van der Waals surface area (Å²) in [4.78, 5) is 37.0. The molecule has 0 saturated carbocycles. The van der Waals surface area contributed by atoms with Gasteiger partial charge in [-0.15, -0.1) is 0 Å². The zero-order chi connectivity index (χ0) is 27.8. The Hall–Kier alpha value is -4.15. The molecule has 3 heterocycles. The van der Waals surface area contributed by atoms with E-state index >= 15 is 0 Å². The molecule has 0 saturated heterocycles. The molecule has 0 atom stereocenters. The maximum atomic E-state index is 10.6.